The Hall–Kier alpha value is -2.14. The average molecular weight is 274 g/mol. The molecule has 1 aromatic heterocycles. The fourth-order valence-corrected chi connectivity index (χ4v) is 2.53. The lowest BCUT2D eigenvalue weighted by atomic mass is 9.77. The van der Waals surface area contributed by atoms with Crippen LogP contribution in [0.3, 0.4) is 0 Å². The van der Waals surface area contributed by atoms with Gasteiger partial charge in [0.15, 0.2) is 0 Å². The number of imidazole rings is 1. The lowest BCUT2D eigenvalue weighted by Crippen LogP contribution is -2.42. The van der Waals surface area contributed by atoms with Crippen molar-refractivity contribution in [2.75, 3.05) is 7.11 Å². The zero-order valence-corrected chi connectivity index (χ0v) is 11.8. The summed E-state index contributed by atoms with van der Waals surface area (Å²) in [4.78, 5) is 18.2. The van der Waals surface area contributed by atoms with Crippen molar-refractivity contribution < 1.29 is 14.3 Å². The Bertz CT molecular complexity index is 568. The molecule has 0 bridgehead atoms. The van der Waals surface area contributed by atoms with Crippen molar-refractivity contribution in [3.05, 3.63) is 53.6 Å². The molecule has 0 amide bonds. The van der Waals surface area contributed by atoms with E-state index in [1.54, 1.807) is 6.33 Å². The number of hydrogen-bond donors (Lipinski definition) is 1. The number of ether oxygens (including phenoxy) is 2. The third-order valence-corrected chi connectivity index (χ3v) is 3.56. The maximum atomic E-state index is 10.8. The summed E-state index contributed by atoms with van der Waals surface area (Å²) in [5.74, 6) is 0. The van der Waals surface area contributed by atoms with Gasteiger partial charge in [0, 0.05) is 12.8 Å². The van der Waals surface area contributed by atoms with Crippen LogP contribution in [-0.2, 0) is 19.7 Å². The Kier molecular flexibility index (Phi) is 4.20. The molecule has 2 rings (SSSR count). The molecule has 5 nitrogen and oxygen atoms in total. The summed E-state index contributed by atoms with van der Waals surface area (Å²) in [7, 11) is 1.51. The molecule has 0 radical (unpaired) electrons. The van der Waals surface area contributed by atoms with Gasteiger partial charge in [-0.15, -0.1) is 0 Å². The Labute approximate surface area is 117 Å². The third-order valence-electron chi connectivity index (χ3n) is 3.56. The Morgan fingerprint density at radius 1 is 1.35 bits per heavy atom. The van der Waals surface area contributed by atoms with Crippen LogP contribution >= 0.6 is 0 Å². The molecule has 2 aromatic rings. The second-order valence-corrected chi connectivity index (χ2v) is 4.74. The summed E-state index contributed by atoms with van der Waals surface area (Å²) in [6.07, 6.45) is 0.865. The molecular weight excluding hydrogens is 256 g/mol. The minimum Gasteiger partial charge on any atom is -0.437 e. The highest BCUT2D eigenvalue weighted by atomic mass is 16.7. The predicted octanol–water partition coefficient (Wildman–Crippen LogP) is 2.17. The molecule has 0 aliphatic heterocycles. The summed E-state index contributed by atoms with van der Waals surface area (Å²) < 4.78 is 10.5. The van der Waals surface area contributed by atoms with Crippen LogP contribution in [0, 0.1) is 6.92 Å². The van der Waals surface area contributed by atoms with E-state index in [2.05, 4.69) is 9.97 Å². The van der Waals surface area contributed by atoms with E-state index in [1.165, 1.54) is 7.11 Å². The van der Waals surface area contributed by atoms with Gasteiger partial charge in [0.2, 0.25) is 6.29 Å². The number of aryl methyl sites for hydroxylation is 1. The van der Waals surface area contributed by atoms with Gasteiger partial charge < -0.3 is 14.5 Å². The summed E-state index contributed by atoms with van der Waals surface area (Å²) in [5, 5.41) is 0. The van der Waals surface area contributed by atoms with Gasteiger partial charge in [-0.3, -0.25) is 4.79 Å². The van der Waals surface area contributed by atoms with Crippen LogP contribution < -0.4 is 0 Å². The number of hydrogen-bond acceptors (Lipinski definition) is 4. The molecule has 0 aliphatic rings. The SMILES string of the molecule is COC(OC=O)C(C)(c1ccccc1)c1nc[nH]c1C. The number of H-pyrrole nitrogens is 1. The quantitative estimate of drug-likeness (QED) is 0.647. The minimum atomic E-state index is -0.760. The number of nitrogens with one attached hydrogen (secondary N) is 1. The van der Waals surface area contributed by atoms with Gasteiger partial charge in [-0.2, -0.15) is 0 Å². The van der Waals surface area contributed by atoms with Crippen molar-refractivity contribution in [2.24, 2.45) is 0 Å². The number of benzene rings is 1. The number of carbonyl (C=O) groups excluding carboxylic acids is 1. The maximum Gasteiger partial charge on any atom is 0.295 e. The van der Waals surface area contributed by atoms with E-state index in [0.717, 1.165) is 17.0 Å². The summed E-state index contributed by atoms with van der Waals surface area (Å²) >= 11 is 0. The van der Waals surface area contributed by atoms with Crippen LogP contribution in [0.5, 0.6) is 0 Å². The zero-order chi connectivity index (χ0) is 14.6. The third kappa shape index (κ3) is 2.32. The van der Waals surface area contributed by atoms with E-state index in [4.69, 9.17) is 9.47 Å². The van der Waals surface area contributed by atoms with Crippen molar-refractivity contribution in [1.29, 1.82) is 0 Å². The normalized spacial score (nSPS) is 15.3. The Morgan fingerprint density at radius 3 is 2.55 bits per heavy atom. The fraction of sp³-hybridized carbons (Fsp3) is 0.333. The van der Waals surface area contributed by atoms with Crippen molar-refractivity contribution in [3.63, 3.8) is 0 Å². The first-order valence-electron chi connectivity index (χ1n) is 6.32. The smallest absolute Gasteiger partial charge is 0.295 e. The topological polar surface area (TPSA) is 64.2 Å². The number of rotatable bonds is 6. The van der Waals surface area contributed by atoms with Crippen molar-refractivity contribution in [1.82, 2.24) is 9.97 Å². The van der Waals surface area contributed by atoms with Gasteiger partial charge in [0.1, 0.15) is 0 Å². The van der Waals surface area contributed by atoms with Crippen LogP contribution in [0.1, 0.15) is 23.9 Å². The van der Waals surface area contributed by atoms with E-state index in [1.807, 2.05) is 44.2 Å². The lowest BCUT2D eigenvalue weighted by Gasteiger charge is -2.34. The molecule has 0 spiro atoms. The molecule has 0 aliphatic carbocycles. The van der Waals surface area contributed by atoms with Crippen molar-refractivity contribution in [2.45, 2.75) is 25.6 Å². The molecular formula is C15H18N2O3. The minimum absolute atomic E-state index is 0.400. The molecule has 20 heavy (non-hydrogen) atoms. The van der Waals surface area contributed by atoms with E-state index in [-0.39, 0.29) is 0 Å². The van der Waals surface area contributed by atoms with Gasteiger partial charge in [-0.1, -0.05) is 30.3 Å². The average Bonchev–Trinajstić information content (AvgIpc) is 2.91. The first-order chi connectivity index (χ1) is 9.64. The molecule has 0 saturated heterocycles. The van der Waals surface area contributed by atoms with E-state index < -0.39 is 11.7 Å². The van der Waals surface area contributed by atoms with Gasteiger partial charge >= 0.3 is 0 Å². The summed E-state index contributed by atoms with van der Waals surface area (Å²) in [6.45, 7) is 4.28. The number of aromatic nitrogens is 2. The van der Waals surface area contributed by atoms with Crippen molar-refractivity contribution >= 4 is 6.47 Å². The van der Waals surface area contributed by atoms with Crippen LogP contribution in [0.4, 0.5) is 0 Å². The van der Waals surface area contributed by atoms with Crippen molar-refractivity contribution in [3.8, 4) is 0 Å². The first kappa shape index (κ1) is 14.3. The maximum absolute atomic E-state index is 10.8. The predicted molar refractivity (Wildman–Crippen MR) is 74.2 cm³/mol. The van der Waals surface area contributed by atoms with Crippen LogP contribution in [-0.4, -0.2) is 29.8 Å². The van der Waals surface area contributed by atoms with E-state index >= 15 is 0 Å². The molecule has 2 unspecified atom stereocenters. The Balaban J connectivity index is 2.60. The van der Waals surface area contributed by atoms with E-state index in [0.29, 0.717) is 6.47 Å². The van der Waals surface area contributed by atoms with Gasteiger partial charge in [-0.05, 0) is 19.4 Å². The highest BCUT2D eigenvalue weighted by Gasteiger charge is 2.42. The largest absolute Gasteiger partial charge is 0.437 e. The molecule has 1 heterocycles. The monoisotopic (exact) mass is 274 g/mol. The fourth-order valence-electron chi connectivity index (χ4n) is 2.53. The number of aromatic amines is 1. The number of methoxy groups -OCH3 is 1. The van der Waals surface area contributed by atoms with Gasteiger partial charge in [0.05, 0.1) is 17.4 Å². The highest BCUT2D eigenvalue weighted by molar-refractivity contribution is 5.42. The molecule has 2 atom stereocenters. The van der Waals surface area contributed by atoms with Crippen LogP contribution in [0.2, 0.25) is 0 Å². The summed E-state index contributed by atoms with van der Waals surface area (Å²) in [6, 6.07) is 9.73. The molecule has 5 heteroatoms. The molecule has 106 valence electrons. The van der Waals surface area contributed by atoms with Gasteiger partial charge in [0.25, 0.3) is 6.47 Å². The number of nitrogens with zero attached hydrogens (tertiary/aromatic N) is 1. The highest BCUT2D eigenvalue weighted by Crippen LogP contribution is 2.37. The van der Waals surface area contributed by atoms with E-state index in [9.17, 15) is 4.79 Å². The summed E-state index contributed by atoms with van der Waals surface area (Å²) in [5.41, 5.74) is 1.97. The lowest BCUT2D eigenvalue weighted by molar-refractivity contribution is -0.169. The molecule has 1 N–H and O–H groups in total. The second kappa shape index (κ2) is 5.88. The molecule has 0 fully saturated rings. The molecule has 1 aromatic carbocycles. The second-order valence-electron chi connectivity index (χ2n) is 4.74. The molecule has 0 saturated carbocycles. The zero-order valence-electron chi connectivity index (χ0n) is 11.8. The number of carbonyl (C=O) groups is 1. The van der Waals surface area contributed by atoms with Crippen LogP contribution in [0.25, 0.3) is 0 Å². The van der Waals surface area contributed by atoms with Crippen LogP contribution in [0.15, 0.2) is 36.7 Å². The van der Waals surface area contributed by atoms with Gasteiger partial charge in [-0.25, -0.2) is 4.98 Å². The Morgan fingerprint density at radius 2 is 2.05 bits per heavy atom. The first-order valence-corrected chi connectivity index (χ1v) is 6.32. The standard InChI is InChI=1S/C15H18N2O3/c1-11-13(17-9-16-11)15(2,14(19-3)20-10-18)12-7-5-4-6-8-12/h4-10,14H,1-3H3,(H,16,17).